The van der Waals surface area contributed by atoms with Gasteiger partial charge in [0.1, 0.15) is 13.2 Å². The molecule has 25 heavy (non-hydrogen) atoms. The van der Waals surface area contributed by atoms with E-state index in [2.05, 4.69) is 5.32 Å². The van der Waals surface area contributed by atoms with Crippen LogP contribution in [0.3, 0.4) is 0 Å². The number of rotatable bonds is 1. The van der Waals surface area contributed by atoms with Crippen LogP contribution in [0.15, 0.2) is 36.4 Å². The summed E-state index contributed by atoms with van der Waals surface area (Å²) < 4.78 is 50.1. The average molecular weight is 349 g/mol. The van der Waals surface area contributed by atoms with Gasteiger partial charge in [0.05, 0.1) is 5.56 Å². The standard InChI is InChI=1S/C18H14F3NO3/c19-18(20,21)11-3-1-2-10(6-11)12-8-17(23)22-14-9-16-15(7-13(12)14)24-4-5-25-16/h1-3,6-7,9,12H,4-5,8H2,(H,22,23)/t12-/m0/s1. The van der Waals surface area contributed by atoms with Crippen LogP contribution < -0.4 is 14.8 Å². The van der Waals surface area contributed by atoms with Crippen molar-refractivity contribution in [1.29, 1.82) is 0 Å². The number of hydrogen-bond acceptors (Lipinski definition) is 3. The van der Waals surface area contributed by atoms with E-state index in [1.165, 1.54) is 6.07 Å². The molecule has 0 aromatic heterocycles. The Morgan fingerprint density at radius 3 is 2.48 bits per heavy atom. The molecule has 0 fully saturated rings. The second kappa shape index (κ2) is 5.68. The number of ether oxygens (including phenoxy) is 2. The van der Waals surface area contributed by atoms with Gasteiger partial charge in [-0.25, -0.2) is 0 Å². The van der Waals surface area contributed by atoms with Crippen LogP contribution in [0, 0.1) is 0 Å². The van der Waals surface area contributed by atoms with Gasteiger partial charge in [-0.1, -0.05) is 18.2 Å². The number of alkyl halides is 3. The first-order valence-corrected chi connectivity index (χ1v) is 7.82. The summed E-state index contributed by atoms with van der Waals surface area (Å²) in [4.78, 5) is 12.1. The molecular weight excluding hydrogens is 335 g/mol. The van der Waals surface area contributed by atoms with E-state index < -0.39 is 17.7 Å². The molecule has 7 heteroatoms. The summed E-state index contributed by atoms with van der Waals surface area (Å²) in [6, 6.07) is 8.51. The highest BCUT2D eigenvalue weighted by atomic mass is 19.4. The molecule has 2 aromatic rings. The molecule has 2 aliphatic heterocycles. The highest BCUT2D eigenvalue weighted by Crippen LogP contribution is 2.44. The zero-order valence-electron chi connectivity index (χ0n) is 13.0. The molecule has 4 rings (SSSR count). The van der Waals surface area contributed by atoms with Gasteiger partial charge in [0, 0.05) is 24.1 Å². The van der Waals surface area contributed by atoms with Gasteiger partial charge in [-0.15, -0.1) is 0 Å². The number of amides is 1. The summed E-state index contributed by atoms with van der Waals surface area (Å²) in [5.41, 5.74) is 0.990. The van der Waals surface area contributed by atoms with E-state index in [4.69, 9.17) is 9.47 Å². The van der Waals surface area contributed by atoms with Gasteiger partial charge in [0.25, 0.3) is 0 Å². The van der Waals surface area contributed by atoms with Crippen LogP contribution >= 0.6 is 0 Å². The molecule has 0 saturated carbocycles. The molecule has 0 radical (unpaired) electrons. The normalized spacial score (nSPS) is 19.2. The first kappa shape index (κ1) is 15.8. The van der Waals surface area contributed by atoms with Crippen molar-refractivity contribution in [2.45, 2.75) is 18.5 Å². The number of carbonyl (C=O) groups is 1. The van der Waals surface area contributed by atoms with Crippen LogP contribution in [0.1, 0.15) is 29.0 Å². The summed E-state index contributed by atoms with van der Waals surface area (Å²) in [6.07, 6.45) is -4.35. The van der Waals surface area contributed by atoms with Crippen molar-refractivity contribution in [1.82, 2.24) is 0 Å². The largest absolute Gasteiger partial charge is 0.486 e. The van der Waals surface area contributed by atoms with Crippen molar-refractivity contribution < 1.29 is 27.4 Å². The Morgan fingerprint density at radius 1 is 1.04 bits per heavy atom. The molecule has 1 N–H and O–H groups in total. The fraction of sp³-hybridized carbons (Fsp3) is 0.278. The van der Waals surface area contributed by atoms with Crippen LogP contribution in [0.5, 0.6) is 11.5 Å². The Bertz CT molecular complexity index is 848. The van der Waals surface area contributed by atoms with E-state index in [0.717, 1.165) is 17.7 Å². The number of halogens is 3. The number of benzene rings is 2. The Labute approximate surface area is 141 Å². The van der Waals surface area contributed by atoms with Crippen LogP contribution in [0.2, 0.25) is 0 Å². The molecule has 0 unspecified atom stereocenters. The molecule has 0 aliphatic carbocycles. The first-order valence-electron chi connectivity index (χ1n) is 7.82. The summed E-state index contributed by atoms with van der Waals surface area (Å²) >= 11 is 0. The van der Waals surface area contributed by atoms with Crippen LogP contribution in [-0.2, 0) is 11.0 Å². The van der Waals surface area contributed by atoms with Crippen molar-refractivity contribution >= 4 is 11.6 Å². The Balaban J connectivity index is 1.81. The number of anilines is 1. The third kappa shape index (κ3) is 2.90. The third-order valence-electron chi connectivity index (χ3n) is 4.37. The molecule has 2 aromatic carbocycles. The van der Waals surface area contributed by atoms with E-state index in [1.807, 2.05) is 0 Å². The molecule has 130 valence electrons. The number of hydrogen-bond donors (Lipinski definition) is 1. The smallest absolute Gasteiger partial charge is 0.416 e. The van der Waals surface area contributed by atoms with E-state index in [-0.39, 0.29) is 12.3 Å². The van der Waals surface area contributed by atoms with Gasteiger partial charge in [0.15, 0.2) is 11.5 Å². The minimum Gasteiger partial charge on any atom is -0.486 e. The Morgan fingerprint density at radius 2 is 1.76 bits per heavy atom. The second-order valence-corrected chi connectivity index (χ2v) is 6.01. The van der Waals surface area contributed by atoms with Crippen molar-refractivity contribution in [3.8, 4) is 11.5 Å². The van der Waals surface area contributed by atoms with Crippen molar-refractivity contribution in [2.75, 3.05) is 18.5 Å². The highest BCUT2D eigenvalue weighted by Gasteiger charge is 2.33. The van der Waals surface area contributed by atoms with E-state index in [0.29, 0.717) is 36.0 Å². The monoisotopic (exact) mass is 349 g/mol. The maximum Gasteiger partial charge on any atom is 0.416 e. The molecule has 4 nitrogen and oxygen atoms in total. The second-order valence-electron chi connectivity index (χ2n) is 6.01. The van der Waals surface area contributed by atoms with E-state index in [1.54, 1.807) is 18.2 Å². The van der Waals surface area contributed by atoms with E-state index >= 15 is 0 Å². The molecule has 1 amide bonds. The Hall–Kier alpha value is -2.70. The highest BCUT2D eigenvalue weighted by molar-refractivity contribution is 5.96. The summed E-state index contributed by atoms with van der Waals surface area (Å²) in [5.74, 6) is 0.349. The fourth-order valence-electron chi connectivity index (χ4n) is 3.23. The summed E-state index contributed by atoms with van der Waals surface area (Å²) in [6.45, 7) is 0.823. The molecule has 0 spiro atoms. The minimum atomic E-state index is -4.43. The third-order valence-corrected chi connectivity index (χ3v) is 4.37. The maximum absolute atomic E-state index is 13.0. The average Bonchev–Trinajstić information content (AvgIpc) is 2.59. The molecule has 0 bridgehead atoms. The van der Waals surface area contributed by atoms with Gasteiger partial charge in [-0.2, -0.15) is 13.2 Å². The van der Waals surface area contributed by atoms with Crippen LogP contribution in [-0.4, -0.2) is 19.1 Å². The van der Waals surface area contributed by atoms with Gasteiger partial charge in [0.2, 0.25) is 5.91 Å². The number of carbonyl (C=O) groups excluding carboxylic acids is 1. The quantitative estimate of drug-likeness (QED) is 0.848. The lowest BCUT2D eigenvalue weighted by atomic mass is 9.84. The lowest BCUT2D eigenvalue weighted by Gasteiger charge is -2.29. The molecule has 2 heterocycles. The topological polar surface area (TPSA) is 47.6 Å². The predicted octanol–water partition coefficient (Wildman–Crippen LogP) is 3.95. The first-order chi connectivity index (χ1) is 11.9. The van der Waals surface area contributed by atoms with Gasteiger partial charge in [-0.3, -0.25) is 4.79 Å². The molecule has 0 saturated heterocycles. The van der Waals surface area contributed by atoms with Gasteiger partial charge >= 0.3 is 6.18 Å². The zero-order valence-corrected chi connectivity index (χ0v) is 13.0. The Kier molecular flexibility index (Phi) is 3.59. The predicted molar refractivity (Wildman–Crippen MR) is 84.0 cm³/mol. The lowest BCUT2D eigenvalue weighted by Crippen LogP contribution is -2.25. The fourth-order valence-corrected chi connectivity index (χ4v) is 3.23. The summed E-state index contributed by atoms with van der Waals surface area (Å²) in [7, 11) is 0. The number of fused-ring (bicyclic) bond motifs is 2. The molecule has 2 aliphatic rings. The van der Waals surface area contributed by atoms with Crippen molar-refractivity contribution in [3.05, 3.63) is 53.1 Å². The van der Waals surface area contributed by atoms with Gasteiger partial charge in [-0.05, 0) is 23.3 Å². The molecular formula is C18H14F3NO3. The SMILES string of the molecule is O=C1C[C@@H](c2cccc(C(F)(F)F)c2)c2cc3c(cc2N1)OCCO3. The zero-order chi connectivity index (χ0) is 17.6. The molecule has 1 atom stereocenters. The van der Waals surface area contributed by atoms with Gasteiger partial charge < -0.3 is 14.8 Å². The lowest BCUT2D eigenvalue weighted by molar-refractivity contribution is -0.137. The summed E-state index contributed by atoms with van der Waals surface area (Å²) in [5, 5.41) is 2.76. The minimum absolute atomic E-state index is 0.0773. The van der Waals surface area contributed by atoms with E-state index in [9.17, 15) is 18.0 Å². The van der Waals surface area contributed by atoms with Crippen LogP contribution in [0.25, 0.3) is 0 Å². The van der Waals surface area contributed by atoms with Crippen molar-refractivity contribution in [3.63, 3.8) is 0 Å². The maximum atomic E-state index is 13.0. The number of nitrogens with one attached hydrogen (secondary N) is 1. The van der Waals surface area contributed by atoms with Crippen LogP contribution in [0.4, 0.5) is 18.9 Å². The van der Waals surface area contributed by atoms with Crippen molar-refractivity contribution in [2.24, 2.45) is 0 Å².